The molecule has 0 bridgehead atoms. The third kappa shape index (κ3) is 2.99. The molecule has 0 radical (unpaired) electrons. The van der Waals surface area contributed by atoms with E-state index in [-0.39, 0.29) is 5.96 Å². The van der Waals surface area contributed by atoms with Gasteiger partial charge < -0.3 is 11.5 Å². The molecule has 0 fully saturated rings. The van der Waals surface area contributed by atoms with Crippen molar-refractivity contribution in [3.05, 3.63) is 24.3 Å². The number of guanidine groups is 1. The number of benzene rings is 1. The lowest BCUT2D eigenvalue weighted by Gasteiger charge is -2.02. The normalized spacial score (nSPS) is 9.62. The minimum atomic E-state index is 0.101. The van der Waals surface area contributed by atoms with Gasteiger partial charge in [-0.2, -0.15) is 0 Å². The summed E-state index contributed by atoms with van der Waals surface area (Å²) in [5.41, 5.74) is 11.5. The summed E-state index contributed by atoms with van der Waals surface area (Å²) in [6.45, 7) is 2.09. The van der Waals surface area contributed by atoms with Crippen LogP contribution in [0, 0.1) is 0 Å². The third-order valence-electron chi connectivity index (χ3n) is 1.41. The molecule has 0 heterocycles. The Bertz CT molecular complexity index is 305. The van der Waals surface area contributed by atoms with Crippen LogP contribution in [0.2, 0.25) is 0 Å². The van der Waals surface area contributed by atoms with Crippen LogP contribution in [-0.4, -0.2) is 11.7 Å². The Labute approximate surface area is 82.2 Å². The standard InChI is InChI=1S/C9H13N3S/c1-2-13-8-6-4-3-5-7(8)12-9(10)11/h3-6H,2H2,1H3,(H4,10,11,12). The van der Waals surface area contributed by atoms with Crippen molar-refractivity contribution in [2.24, 2.45) is 16.5 Å². The first-order valence-corrected chi connectivity index (χ1v) is 5.04. The molecule has 1 rings (SSSR count). The number of thioether (sulfide) groups is 1. The molecule has 4 heteroatoms. The van der Waals surface area contributed by atoms with Gasteiger partial charge >= 0.3 is 0 Å². The van der Waals surface area contributed by atoms with Crippen LogP contribution in [0.25, 0.3) is 0 Å². The summed E-state index contributed by atoms with van der Waals surface area (Å²) in [6, 6.07) is 7.80. The van der Waals surface area contributed by atoms with Crippen LogP contribution >= 0.6 is 11.8 Å². The number of rotatable bonds is 3. The zero-order valence-corrected chi connectivity index (χ0v) is 8.34. The van der Waals surface area contributed by atoms with Crippen LogP contribution in [0.15, 0.2) is 34.2 Å². The fraction of sp³-hybridized carbons (Fsp3) is 0.222. The Hall–Kier alpha value is -1.16. The van der Waals surface area contributed by atoms with Gasteiger partial charge in [-0.15, -0.1) is 11.8 Å². The third-order valence-corrected chi connectivity index (χ3v) is 2.36. The predicted octanol–water partition coefficient (Wildman–Crippen LogP) is 1.70. The molecule has 3 nitrogen and oxygen atoms in total. The molecule has 0 aliphatic carbocycles. The smallest absolute Gasteiger partial charge is 0.191 e. The Kier molecular flexibility index (Phi) is 3.64. The zero-order valence-electron chi connectivity index (χ0n) is 7.53. The molecular weight excluding hydrogens is 182 g/mol. The highest BCUT2D eigenvalue weighted by Crippen LogP contribution is 2.28. The maximum Gasteiger partial charge on any atom is 0.191 e. The van der Waals surface area contributed by atoms with Crippen LogP contribution < -0.4 is 11.5 Å². The van der Waals surface area contributed by atoms with Crippen molar-refractivity contribution in [1.82, 2.24) is 0 Å². The van der Waals surface area contributed by atoms with Crippen molar-refractivity contribution in [2.45, 2.75) is 11.8 Å². The highest BCUT2D eigenvalue weighted by atomic mass is 32.2. The Balaban J connectivity index is 2.97. The largest absolute Gasteiger partial charge is 0.370 e. The number of aliphatic imine (C=N–C) groups is 1. The number of para-hydroxylation sites is 1. The van der Waals surface area contributed by atoms with Crippen LogP contribution in [-0.2, 0) is 0 Å². The van der Waals surface area contributed by atoms with Crippen molar-refractivity contribution in [3.63, 3.8) is 0 Å². The van der Waals surface area contributed by atoms with E-state index in [1.54, 1.807) is 11.8 Å². The second-order valence-electron chi connectivity index (χ2n) is 2.44. The molecule has 0 amide bonds. The van der Waals surface area contributed by atoms with Crippen LogP contribution in [0.1, 0.15) is 6.92 Å². The van der Waals surface area contributed by atoms with Crippen LogP contribution in [0.4, 0.5) is 5.69 Å². The Morgan fingerprint density at radius 3 is 2.69 bits per heavy atom. The topological polar surface area (TPSA) is 64.4 Å². The van der Waals surface area contributed by atoms with E-state index in [0.29, 0.717) is 0 Å². The van der Waals surface area contributed by atoms with Gasteiger partial charge in [-0.05, 0) is 17.9 Å². The molecule has 0 aliphatic heterocycles. The number of hydrogen-bond donors (Lipinski definition) is 2. The van der Waals surface area contributed by atoms with E-state index in [9.17, 15) is 0 Å². The van der Waals surface area contributed by atoms with E-state index >= 15 is 0 Å². The van der Waals surface area contributed by atoms with Gasteiger partial charge in [-0.25, -0.2) is 4.99 Å². The van der Waals surface area contributed by atoms with E-state index in [0.717, 1.165) is 16.3 Å². The SMILES string of the molecule is CCSc1ccccc1N=C(N)N. The molecule has 4 N–H and O–H groups in total. The van der Waals surface area contributed by atoms with Gasteiger partial charge in [-0.1, -0.05) is 19.1 Å². The minimum Gasteiger partial charge on any atom is -0.370 e. The van der Waals surface area contributed by atoms with E-state index < -0.39 is 0 Å². The summed E-state index contributed by atoms with van der Waals surface area (Å²) in [5.74, 6) is 1.11. The summed E-state index contributed by atoms with van der Waals surface area (Å²) >= 11 is 1.73. The molecular formula is C9H13N3S. The Morgan fingerprint density at radius 1 is 1.38 bits per heavy atom. The van der Waals surface area contributed by atoms with Gasteiger partial charge in [0.1, 0.15) is 0 Å². The lowest BCUT2D eigenvalue weighted by atomic mass is 10.3. The van der Waals surface area contributed by atoms with Crippen molar-refractivity contribution in [1.29, 1.82) is 0 Å². The van der Waals surface area contributed by atoms with E-state index in [4.69, 9.17) is 11.5 Å². The van der Waals surface area contributed by atoms with E-state index in [1.807, 2.05) is 24.3 Å². The summed E-state index contributed by atoms with van der Waals surface area (Å²) < 4.78 is 0. The van der Waals surface area contributed by atoms with Crippen molar-refractivity contribution in [2.75, 3.05) is 5.75 Å². The first-order valence-electron chi connectivity index (χ1n) is 4.05. The lowest BCUT2D eigenvalue weighted by molar-refractivity contribution is 1.33. The second-order valence-corrected chi connectivity index (χ2v) is 3.74. The summed E-state index contributed by atoms with van der Waals surface area (Å²) in [4.78, 5) is 5.14. The van der Waals surface area contributed by atoms with Gasteiger partial charge in [0.25, 0.3) is 0 Å². The average Bonchev–Trinajstić information content (AvgIpc) is 2.08. The molecule has 70 valence electrons. The maximum absolute atomic E-state index is 5.31. The molecule has 0 atom stereocenters. The first-order chi connectivity index (χ1) is 6.24. The fourth-order valence-electron chi connectivity index (χ4n) is 0.966. The molecule has 0 saturated carbocycles. The van der Waals surface area contributed by atoms with Crippen molar-refractivity contribution in [3.8, 4) is 0 Å². The lowest BCUT2D eigenvalue weighted by Crippen LogP contribution is -2.21. The van der Waals surface area contributed by atoms with Crippen molar-refractivity contribution >= 4 is 23.4 Å². The van der Waals surface area contributed by atoms with E-state index in [2.05, 4.69) is 11.9 Å². The van der Waals surface area contributed by atoms with Crippen molar-refractivity contribution < 1.29 is 0 Å². The molecule has 0 aliphatic rings. The van der Waals surface area contributed by atoms with Gasteiger partial charge in [-0.3, -0.25) is 0 Å². The zero-order chi connectivity index (χ0) is 9.68. The second kappa shape index (κ2) is 4.77. The number of nitrogens with two attached hydrogens (primary N) is 2. The predicted molar refractivity (Wildman–Crippen MR) is 58.3 cm³/mol. The highest BCUT2D eigenvalue weighted by Gasteiger charge is 1.98. The molecule has 13 heavy (non-hydrogen) atoms. The van der Waals surface area contributed by atoms with Gasteiger partial charge in [0.2, 0.25) is 0 Å². The molecule has 1 aromatic rings. The summed E-state index contributed by atoms with van der Waals surface area (Å²) in [7, 11) is 0. The quantitative estimate of drug-likeness (QED) is 0.438. The minimum absolute atomic E-state index is 0.101. The fourth-order valence-corrected chi connectivity index (χ4v) is 1.71. The molecule has 0 saturated heterocycles. The molecule has 0 aromatic heterocycles. The first kappa shape index (κ1) is 9.92. The number of nitrogens with zero attached hydrogens (tertiary/aromatic N) is 1. The Morgan fingerprint density at radius 2 is 2.08 bits per heavy atom. The van der Waals surface area contributed by atoms with E-state index in [1.165, 1.54) is 0 Å². The van der Waals surface area contributed by atoms with Crippen LogP contribution in [0.3, 0.4) is 0 Å². The maximum atomic E-state index is 5.31. The monoisotopic (exact) mass is 195 g/mol. The van der Waals surface area contributed by atoms with Crippen LogP contribution in [0.5, 0.6) is 0 Å². The summed E-state index contributed by atoms with van der Waals surface area (Å²) in [6.07, 6.45) is 0. The van der Waals surface area contributed by atoms with Gasteiger partial charge in [0, 0.05) is 4.90 Å². The number of hydrogen-bond acceptors (Lipinski definition) is 2. The molecule has 1 aromatic carbocycles. The molecule has 0 spiro atoms. The van der Waals surface area contributed by atoms with Gasteiger partial charge in [0.05, 0.1) is 5.69 Å². The molecule has 0 unspecified atom stereocenters. The average molecular weight is 195 g/mol. The summed E-state index contributed by atoms with van der Waals surface area (Å²) in [5, 5.41) is 0. The van der Waals surface area contributed by atoms with Gasteiger partial charge in [0.15, 0.2) is 5.96 Å². The highest BCUT2D eigenvalue weighted by molar-refractivity contribution is 7.99.